The minimum atomic E-state index is -0.356. The van der Waals surface area contributed by atoms with Crippen LogP contribution in [0.1, 0.15) is 5.56 Å². The largest absolute Gasteiger partial charge is 0.496 e. The summed E-state index contributed by atoms with van der Waals surface area (Å²) in [6, 6.07) is 5.69. The van der Waals surface area contributed by atoms with Crippen molar-refractivity contribution in [3.63, 3.8) is 0 Å². The van der Waals surface area contributed by atoms with Gasteiger partial charge < -0.3 is 10.1 Å². The molecule has 2 nitrogen and oxygen atoms in total. The summed E-state index contributed by atoms with van der Waals surface area (Å²) < 4.78 is 16.9. The number of alkyl halides is 1. The van der Waals surface area contributed by atoms with Crippen molar-refractivity contribution in [2.45, 2.75) is 6.92 Å². The predicted octanol–water partition coefficient (Wildman–Crippen LogP) is 2.39. The average molecular weight is 183 g/mol. The van der Waals surface area contributed by atoms with Crippen LogP contribution in [0.2, 0.25) is 0 Å². The molecule has 0 heterocycles. The summed E-state index contributed by atoms with van der Waals surface area (Å²) in [6.45, 7) is 1.95. The Kier molecular flexibility index (Phi) is 3.55. The minimum absolute atomic E-state index is 0.353. The lowest BCUT2D eigenvalue weighted by Crippen LogP contribution is -2.03. The number of ether oxygens (including phenoxy) is 1. The number of aryl methyl sites for hydroxylation is 1. The van der Waals surface area contributed by atoms with E-state index in [-0.39, 0.29) is 6.67 Å². The third kappa shape index (κ3) is 2.61. The summed E-state index contributed by atoms with van der Waals surface area (Å²) in [5.41, 5.74) is 1.97. The zero-order chi connectivity index (χ0) is 9.68. The van der Waals surface area contributed by atoms with Gasteiger partial charge in [0.25, 0.3) is 0 Å². The highest BCUT2D eigenvalue weighted by molar-refractivity contribution is 5.50. The molecule has 0 saturated heterocycles. The van der Waals surface area contributed by atoms with E-state index in [1.165, 1.54) is 0 Å². The van der Waals surface area contributed by atoms with Crippen LogP contribution in [0.25, 0.3) is 0 Å². The lowest BCUT2D eigenvalue weighted by Gasteiger charge is -2.08. The molecule has 0 unspecified atom stereocenters. The lowest BCUT2D eigenvalue weighted by molar-refractivity contribution is 0.412. The molecule has 72 valence electrons. The van der Waals surface area contributed by atoms with Gasteiger partial charge in [-0.1, -0.05) is 0 Å². The Hall–Kier alpha value is -1.25. The molecule has 1 N–H and O–H groups in total. The number of nitrogens with one attached hydrogen (secondary N) is 1. The minimum Gasteiger partial charge on any atom is -0.496 e. The van der Waals surface area contributed by atoms with E-state index >= 15 is 0 Å². The fourth-order valence-corrected chi connectivity index (χ4v) is 1.18. The SMILES string of the molecule is COc1ccc(NCCF)cc1C. The van der Waals surface area contributed by atoms with Gasteiger partial charge in [0.05, 0.1) is 7.11 Å². The fraction of sp³-hybridized carbons (Fsp3) is 0.400. The average Bonchev–Trinajstić information content (AvgIpc) is 2.15. The van der Waals surface area contributed by atoms with E-state index in [1.807, 2.05) is 25.1 Å². The van der Waals surface area contributed by atoms with Crippen molar-refractivity contribution in [3.8, 4) is 5.75 Å². The summed E-state index contributed by atoms with van der Waals surface area (Å²) in [5, 5.41) is 2.96. The maximum absolute atomic E-state index is 11.8. The first-order valence-electron chi connectivity index (χ1n) is 4.22. The molecule has 0 bridgehead atoms. The molecule has 1 aromatic carbocycles. The number of anilines is 1. The molecule has 0 atom stereocenters. The first kappa shape index (κ1) is 9.84. The molecule has 0 aliphatic carbocycles. The van der Waals surface area contributed by atoms with Crippen LogP contribution in [0, 0.1) is 6.92 Å². The Balaban J connectivity index is 2.71. The number of methoxy groups -OCH3 is 1. The molecule has 0 aliphatic heterocycles. The van der Waals surface area contributed by atoms with Crippen molar-refractivity contribution in [3.05, 3.63) is 23.8 Å². The standard InChI is InChI=1S/C10H14FNO/c1-8-7-9(12-6-5-11)3-4-10(8)13-2/h3-4,7,12H,5-6H2,1-2H3. The predicted molar refractivity (Wildman–Crippen MR) is 52.2 cm³/mol. The van der Waals surface area contributed by atoms with Gasteiger partial charge in [0.1, 0.15) is 12.4 Å². The van der Waals surface area contributed by atoms with E-state index in [0.717, 1.165) is 17.0 Å². The van der Waals surface area contributed by atoms with E-state index in [1.54, 1.807) is 7.11 Å². The fourth-order valence-electron chi connectivity index (χ4n) is 1.18. The molecular weight excluding hydrogens is 169 g/mol. The molecule has 13 heavy (non-hydrogen) atoms. The second-order valence-corrected chi connectivity index (χ2v) is 2.80. The monoisotopic (exact) mass is 183 g/mol. The van der Waals surface area contributed by atoms with Gasteiger partial charge in [0, 0.05) is 12.2 Å². The van der Waals surface area contributed by atoms with Gasteiger partial charge in [0.15, 0.2) is 0 Å². The van der Waals surface area contributed by atoms with Crippen LogP contribution in [0.5, 0.6) is 5.75 Å². The number of hydrogen-bond acceptors (Lipinski definition) is 2. The van der Waals surface area contributed by atoms with Crippen LogP contribution in [0.4, 0.5) is 10.1 Å². The molecule has 0 radical (unpaired) electrons. The van der Waals surface area contributed by atoms with Gasteiger partial charge in [-0.2, -0.15) is 0 Å². The van der Waals surface area contributed by atoms with Crippen molar-refractivity contribution < 1.29 is 9.13 Å². The number of rotatable bonds is 4. The molecule has 0 spiro atoms. The van der Waals surface area contributed by atoms with Gasteiger partial charge in [-0.3, -0.25) is 0 Å². The maximum Gasteiger partial charge on any atom is 0.121 e. The molecule has 0 saturated carbocycles. The second kappa shape index (κ2) is 4.70. The topological polar surface area (TPSA) is 21.3 Å². The highest BCUT2D eigenvalue weighted by Gasteiger charge is 1.98. The van der Waals surface area contributed by atoms with Gasteiger partial charge in [-0.25, -0.2) is 4.39 Å². The molecule has 0 amide bonds. The third-order valence-corrected chi connectivity index (χ3v) is 1.82. The Labute approximate surface area is 77.7 Å². The molecule has 1 aromatic rings. The van der Waals surface area contributed by atoms with E-state index in [0.29, 0.717) is 6.54 Å². The van der Waals surface area contributed by atoms with Crippen molar-refractivity contribution >= 4 is 5.69 Å². The summed E-state index contributed by atoms with van der Waals surface area (Å²) in [4.78, 5) is 0. The zero-order valence-corrected chi connectivity index (χ0v) is 7.93. The van der Waals surface area contributed by atoms with Gasteiger partial charge in [-0.05, 0) is 30.7 Å². The number of benzene rings is 1. The molecular formula is C10H14FNO. The molecule has 0 fully saturated rings. The van der Waals surface area contributed by atoms with Crippen LogP contribution in [0.15, 0.2) is 18.2 Å². The smallest absolute Gasteiger partial charge is 0.121 e. The molecule has 0 aliphatic rings. The van der Waals surface area contributed by atoms with E-state index in [2.05, 4.69) is 5.32 Å². The van der Waals surface area contributed by atoms with E-state index < -0.39 is 0 Å². The highest BCUT2D eigenvalue weighted by Crippen LogP contribution is 2.20. The van der Waals surface area contributed by atoms with Crippen LogP contribution in [-0.2, 0) is 0 Å². The van der Waals surface area contributed by atoms with Crippen LogP contribution in [0.3, 0.4) is 0 Å². The first-order valence-corrected chi connectivity index (χ1v) is 4.22. The van der Waals surface area contributed by atoms with Crippen molar-refractivity contribution in [2.75, 3.05) is 25.6 Å². The summed E-state index contributed by atoms with van der Waals surface area (Å²) in [6.07, 6.45) is 0. The summed E-state index contributed by atoms with van der Waals surface area (Å²) >= 11 is 0. The van der Waals surface area contributed by atoms with Crippen LogP contribution >= 0.6 is 0 Å². The Morgan fingerprint density at radius 3 is 2.77 bits per heavy atom. The number of halogens is 1. The second-order valence-electron chi connectivity index (χ2n) is 2.80. The Morgan fingerprint density at radius 2 is 2.23 bits per heavy atom. The van der Waals surface area contributed by atoms with Gasteiger partial charge in [-0.15, -0.1) is 0 Å². The molecule has 1 rings (SSSR count). The normalized spacial score (nSPS) is 9.77. The maximum atomic E-state index is 11.8. The van der Waals surface area contributed by atoms with E-state index in [4.69, 9.17) is 4.74 Å². The highest BCUT2D eigenvalue weighted by atomic mass is 19.1. The molecule has 0 aromatic heterocycles. The Morgan fingerprint density at radius 1 is 1.46 bits per heavy atom. The van der Waals surface area contributed by atoms with Crippen LogP contribution in [-0.4, -0.2) is 20.3 Å². The zero-order valence-electron chi connectivity index (χ0n) is 7.93. The lowest BCUT2D eigenvalue weighted by atomic mass is 10.2. The van der Waals surface area contributed by atoms with Crippen molar-refractivity contribution in [1.82, 2.24) is 0 Å². The quantitative estimate of drug-likeness (QED) is 0.773. The molecule has 3 heteroatoms. The summed E-state index contributed by atoms with van der Waals surface area (Å²) in [5.74, 6) is 0.853. The number of hydrogen-bond donors (Lipinski definition) is 1. The van der Waals surface area contributed by atoms with E-state index in [9.17, 15) is 4.39 Å². The van der Waals surface area contributed by atoms with Gasteiger partial charge in [0.2, 0.25) is 0 Å². The Bertz CT molecular complexity index is 276. The van der Waals surface area contributed by atoms with Crippen molar-refractivity contribution in [2.24, 2.45) is 0 Å². The van der Waals surface area contributed by atoms with Gasteiger partial charge >= 0.3 is 0 Å². The summed E-state index contributed by atoms with van der Waals surface area (Å²) in [7, 11) is 1.64. The van der Waals surface area contributed by atoms with Crippen LogP contribution < -0.4 is 10.1 Å². The van der Waals surface area contributed by atoms with Crippen molar-refractivity contribution in [1.29, 1.82) is 0 Å². The third-order valence-electron chi connectivity index (χ3n) is 1.82. The first-order chi connectivity index (χ1) is 6.27.